The number of alkyl halides is 6. The molecule has 0 atom stereocenters. The first-order chi connectivity index (χ1) is 9.39. The molecule has 21 heavy (non-hydrogen) atoms. The molecule has 0 radical (unpaired) electrons. The average Bonchev–Trinajstić information content (AvgIpc) is 2.25. The molecule has 0 saturated carbocycles. The van der Waals surface area contributed by atoms with E-state index in [2.05, 4.69) is 9.47 Å². The van der Waals surface area contributed by atoms with Crippen LogP contribution in [0.2, 0.25) is 0 Å². The van der Waals surface area contributed by atoms with Crippen LogP contribution in [0.25, 0.3) is 0 Å². The van der Waals surface area contributed by atoms with E-state index in [0.717, 1.165) is 12.1 Å². The molecule has 4 nitrogen and oxygen atoms in total. The predicted octanol–water partition coefficient (Wildman–Crippen LogP) is 3.23. The van der Waals surface area contributed by atoms with E-state index in [1.165, 1.54) is 22.6 Å². The van der Waals surface area contributed by atoms with Crippen molar-refractivity contribution in [3.8, 4) is 11.5 Å². The Morgan fingerprint density at radius 2 is 1.14 bits per heavy atom. The zero-order chi connectivity index (χ0) is 16.4. The summed E-state index contributed by atoms with van der Waals surface area (Å²) < 4.78 is 79.9. The van der Waals surface area contributed by atoms with Crippen molar-refractivity contribution in [2.45, 2.75) is 12.4 Å². The molecule has 0 aliphatic carbocycles. The van der Waals surface area contributed by atoms with Gasteiger partial charge in [-0.25, -0.2) is 9.59 Å². The summed E-state index contributed by atoms with van der Waals surface area (Å²) in [6, 6.07) is 2.43. The highest BCUT2D eigenvalue weighted by Gasteiger charge is 2.42. The molecule has 1 aromatic rings. The largest absolute Gasteiger partial charge is 0.491 e. The Balaban J connectivity index is 2.96. The van der Waals surface area contributed by atoms with Crippen molar-refractivity contribution in [1.29, 1.82) is 0 Å². The topological polar surface area (TPSA) is 52.6 Å². The molecule has 0 spiro atoms. The highest BCUT2D eigenvalue weighted by Crippen LogP contribution is 2.28. The van der Waals surface area contributed by atoms with Crippen molar-refractivity contribution in [2.75, 3.05) is 0 Å². The number of ether oxygens (including phenoxy) is 2. The number of hydrogen-bond acceptors (Lipinski definition) is 4. The Hall–Kier alpha value is -1.53. The fourth-order valence-corrected chi connectivity index (χ4v) is 1.60. The quantitative estimate of drug-likeness (QED) is 0.314. The van der Waals surface area contributed by atoms with Crippen LogP contribution in [0.4, 0.5) is 26.3 Å². The lowest BCUT2D eigenvalue weighted by molar-refractivity contribution is -0.190. The van der Waals surface area contributed by atoms with Gasteiger partial charge >= 0.3 is 24.3 Å². The smallest absolute Gasteiger partial charge is 0.420 e. The van der Waals surface area contributed by atoms with Crippen LogP contribution in [0.15, 0.2) is 18.2 Å². The zero-order valence-electron chi connectivity index (χ0n) is 9.51. The molecule has 1 rings (SSSR count). The van der Waals surface area contributed by atoms with Gasteiger partial charge < -0.3 is 9.47 Å². The Labute approximate surface area is 126 Å². The van der Waals surface area contributed by atoms with Crippen molar-refractivity contribution in [3.05, 3.63) is 21.8 Å². The number of rotatable bonds is 2. The fraction of sp³-hybridized carbons (Fsp3) is 0.200. The Morgan fingerprint density at radius 1 is 0.810 bits per heavy atom. The van der Waals surface area contributed by atoms with Crippen molar-refractivity contribution in [3.63, 3.8) is 0 Å². The summed E-state index contributed by atoms with van der Waals surface area (Å²) in [6.45, 7) is 0. The van der Waals surface area contributed by atoms with Crippen molar-refractivity contribution >= 4 is 34.5 Å². The van der Waals surface area contributed by atoms with Crippen molar-refractivity contribution in [1.82, 2.24) is 0 Å². The van der Waals surface area contributed by atoms with Crippen molar-refractivity contribution < 1.29 is 45.4 Å². The van der Waals surface area contributed by atoms with E-state index in [9.17, 15) is 35.9 Å². The van der Waals surface area contributed by atoms with Gasteiger partial charge in [0, 0.05) is 9.64 Å². The summed E-state index contributed by atoms with van der Waals surface area (Å²) in [7, 11) is 0. The standard InChI is InChI=1S/C10H3F6IO4/c11-9(12,13)7(18)20-5-1-4(17)2-6(3-5)21-8(19)10(14,15)16/h1-3H. The molecule has 0 unspecified atom stereocenters. The molecule has 0 saturated heterocycles. The second kappa shape index (κ2) is 6.07. The van der Waals surface area contributed by atoms with E-state index in [4.69, 9.17) is 0 Å². The molecule has 0 fully saturated rings. The highest BCUT2D eigenvalue weighted by molar-refractivity contribution is 14.1. The third-order valence-electron chi connectivity index (χ3n) is 1.73. The molecule has 0 N–H and O–H groups in total. The molecule has 0 bridgehead atoms. The normalized spacial score (nSPS) is 12.0. The lowest BCUT2D eigenvalue weighted by Gasteiger charge is -2.10. The van der Waals surface area contributed by atoms with Gasteiger partial charge in [-0.15, -0.1) is 0 Å². The molecular weight excluding hydrogens is 425 g/mol. The number of esters is 2. The van der Waals surface area contributed by atoms with Crippen molar-refractivity contribution in [2.24, 2.45) is 0 Å². The first-order valence-electron chi connectivity index (χ1n) is 4.78. The minimum absolute atomic E-state index is 0.0880. The van der Waals surface area contributed by atoms with E-state index < -0.39 is 35.8 Å². The summed E-state index contributed by atoms with van der Waals surface area (Å²) in [6.07, 6.45) is -10.5. The van der Waals surface area contributed by atoms with Gasteiger partial charge in [0.05, 0.1) is 0 Å². The second-order valence-corrected chi connectivity index (χ2v) is 4.64. The van der Waals surface area contributed by atoms with E-state index in [0.29, 0.717) is 6.07 Å². The van der Waals surface area contributed by atoms with Crippen LogP contribution in [0, 0.1) is 3.57 Å². The SMILES string of the molecule is O=C(Oc1cc(I)cc(OC(=O)C(F)(F)F)c1)C(F)(F)F. The van der Waals surface area contributed by atoms with Crippen LogP contribution in [-0.4, -0.2) is 24.3 Å². The zero-order valence-corrected chi connectivity index (χ0v) is 11.7. The van der Waals surface area contributed by atoms with Gasteiger partial charge in [0.2, 0.25) is 0 Å². The van der Waals surface area contributed by atoms with E-state index >= 15 is 0 Å². The molecule has 116 valence electrons. The van der Waals surface area contributed by atoms with Gasteiger partial charge in [0.25, 0.3) is 0 Å². The van der Waals surface area contributed by atoms with Gasteiger partial charge in [0.1, 0.15) is 11.5 Å². The summed E-state index contributed by atoms with van der Waals surface area (Å²) in [5.74, 6) is -6.54. The van der Waals surface area contributed by atoms with E-state index in [1.54, 1.807) is 0 Å². The highest BCUT2D eigenvalue weighted by atomic mass is 127. The molecule has 11 heteroatoms. The van der Waals surface area contributed by atoms with Crippen LogP contribution >= 0.6 is 22.6 Å². The number of carbonyl (C=O) groups excluding carboxylic acids is 2. The summed E-state index contributed by atoms with van der Waals surface area (Å²) in [5.41, 5.74) is 0. The summed E-state index contributed by atoms with van der Waals surface area (Å²) >= 11 is 1.52. The molecular formula is C10H3F6IO4. The van der Waals surface area contributed by atoms with Crippen LogP contribution in [0.5, 0.6) is 11.5 Å². The van der Waals surface area contributed by atoms with Gasteiger partial charge in [-0.3, -0.25) is 0 Å². The van der Waals surface area contributed by atoms with E-state index in [1.807, 2.05) is 0 Å². The van der Waals surface area contributed by atoms with Gasteiger partial charge in [0.15, 0.2) is 0 Å². The Morgan fingerprint density at radius 3 is 1.43 bits per heavy atom. The molecule has 0 heterocycles. The predicted molar refractivity (Wildman–Crippen MR) is 62.5 cm³/mol. The van der Waals surface area contributed by atoms with Gasteiger partial charge in [-0.1, -0.05) is 0 Å². The van der Waals surface area contributed by atoms with Gasteiger partial charge in [-0.05, 0) is 34.7 Å². The number of halogens is 7. The number of carbonyl (C=O) groups is 2. The molecule has 0 aliphatic heterocycles. The van der Waals surface area contributed by atoms with Crippen LogP contribution in [-0.2, 0) is 9.59 Å². The lowest BCUT2D eigenvalue weighted by atomic mass is 10.3. The Bertz CT molecular complexity index is 519. The van der Waals surface area contributed by atoms with Crippen LogP contribution < -0.4 is 9.47 Å². The third-order valence-corrected chi connectivity index (χ3v) is 2.35. The van der Waals surface area contributed by atoms with Gasteiger partial charge in [-0.2, -0.15) is 26.3 Å². The van der Waals surface area contributed by atoms with Crippen LogP contribution in [0.1, 0.15) is 0 Å². The first kappa shape index (κ1) is 17.5. The lowest BCUT2D eigenvalue weighted by Crippen LogP contribution is -2.28. The average molecular weight is 428 g/mol. The third kappa shape index (κ3) is 5.40. The fourth-order valence-electron chi connectivity index (χ4n) is 0.985. The number of benzene rings is 1. The van der Waals surface area contributed by atoms with Crippen LogP contribution in [0.3, 0.4) is 0 Å². The summed E-state index contributed by atoms with van der Waals surface area (Å²) in [4.78, 5) is 21.2. The Kier molecular flexibility index (Phi) is 5.07. The first-order valence-corrected chi connectivity index (χ1v) is 5.86. The minimum atomic E-state index is -5.27. The molecule has 1 aromatic carbocycles. The minimum Gasteiger partial charge on any atom is -0.420 e. The molecule has 0 aromatic heterocycles. The second-order valence-electron chi connectivity index (χ2n) is 3.40. The summed E-state index contributed by atoms with van der Waals surface area (Å²) in [5, 5.41) is 0. The number of hydrogen-bond donors (Lipinski definition) is 0. The monoisotopic (exact) mass is 428 g/mol. The maximum atomic E-state index is 12.0. The maximum absolute atomic E-state index is 12.0. The van der Waals surface area contributed by atoms with E-state index in [-0.39, 0.29) is 3.57 Å². The molecule has 0 amide bonds. The molecule has 0 aliphatic rings. The maximum Gasteiger partial charge on any atom is 0.491 e.